The van der Waals surface area contributed by atoms with Crippen molar-refractivity contribution in [3.05, 3.63) is 23.4 Å². The molecule has 1 fully saturated rings. The van der Waals surface area contributed by atoms with E-state index < -0.39 is 0 Å². The van der Waals surface area contributed by atoms with E-state index in [0.717, 1.165) is 5.82 Å². The van der Waals surface area contributed by atoms with Gasteiger partial charge in [0.25, 0.3) is 0 Å². The van der Waals surface area contributed by atoms with Crippen LogP contribution in [-0.2, 0) is 0 Å². The molecular weight excluding hydrogens is 210 g/mol. The van der Waals surface area contributed by atoms with Crippen molar-refractivity contribution in [2.45, 2.75) is 45.7 Å². The topological polar surface area (TPSA) is 28.2 Å². The number of rotatable bonds is 3. The Balaban J connectivity index is 2.24. The van der Waals surface area contributed by atoms with Gasteiger partial charge in [0.1, 0.15) is 5.82 Å². The Hall–Kier alpha value is -1.09. The number of pyridine rings is 1. The van der Waals surface area contributed by atoms with Gasteiger partial charge >= 0.3 is 0 Å². The molecule has 1 aromatic heterocycles. The van der Waals surface area contributed by atoms with Crippen LogP contribution >= 0.6 is 0 Å². The molecule has 1 atom stereocenters. The van der Waals surface area contributed by atoms with E-state index >= 15 is 0 Å². The van der Waals surface area contributed by atoms with Gasteiger partial charge in [-0.15, -0.1) is 0 Å². The van der Waals surface area contributed by atoms with Gasteiger partial charge in [-0.3, -0.25) is 4.90 Å². The van der Waals surface area contributed by atoms with Crippen LogP contribution in [0.15, 0.2) is 12.3 Å². The number of nitrogens with zero attached hydrogens (tertiary/aromatic N) is 2. The molecule has 2 heterocycles. The third-order valence-corrected chi connectivity index (χ3v) is 3.68. The molecule has 0 saturated carbocycles. The molecule has 0 aromatic carbocycles. The highest BCUT2D eigenvalue weighted by Gasteiger charge is 2.28. The fourth-order valence-corrected chi connectivity index (χ4v) is 2.81. The minimum atomic E-state index is 0.562. The quantitative estimate of drug-likeness (QED) is 0.870. The van der Waals surface area contributed by atoms with Crippen molar-refractivity contribution in [2.75, 3.05) is 18.9 Å². The highest BCUT2D eigenvalue weighted by molar-refractivity contribution is 5.44. The minimum Gasteiger partial charge on any atom is -0.373 e. The van der Waals surface area contributed by atoms with Crippen LogP contribution < -0.4 is 5.32 Å². The third-order valence-electron chi connectivity index (χ3n) is 3.68. The van der Waals surface area contributed by atoms with Crippen LogP contribution in [-0.4, -0.2) is 29.5 Å². The molecule has 17 heavy (non-hydrogen) atoms. The summed E-state index contributed by atoms with van der Waals surface area (Å²) >= 11 is 0. The largest absolute Gasteiger partial charge is 0.373 e. The van der Waals surface area contributed by atoms with E-state index in [2.05, 4.69) is 42.0 Å². The first-order valence-electron chi connectivity index (χ1n) is 6.53. The molecule has 0 spiro atoms. The molecule has 0 bridgehead atoms. The number of hydrogen-bond donors (Lipinski definition) is 1. The average Bonchev–Trinajstić information content (AvgIpc) is 2.77. The summed E-state index contributed by atoms with van der Waals surface area (Å²) in [6.45, 7) is 7.90. The Morgan fingerprint density at radius 2 is 2.24 bits per heavy atom. The van der Waals surface area contributed by atoms with Crippen LogP contribution in [0.5, 0.6) is 0 Å². The Morgan fingerprint density at radius 3 is 2.82 bits per heavy atom. The fraction of sp³-hybridized carbons (Fsp3) is 0.643. The number of aryl methyl sites for hydroxylation is 1. The van der Waals surface area contributed by atoms with Crippen LogP contribution in [0.25, 0.3) is 0 Å². The lowest BCUT2D eigenvalue weighted by Gasteiger charge is -2.28. The van der Waals surface area contributed by atoms with Crippen LogP contribution in [0, 0.1) is 6.92 Å². The van der Waals surface area contributed by atoms with Gasteiger partial charge in [-0.05, 0) is 57.4 Å². The van der Waals surface area contributed by atoms with Crippen LogP contribution in [0.1, 0.15) is 43.9 Å². The van der Waals surface area contributed by atoms with Gasteiger partial charge in [0.15, 0.2) is 0 Å². The van der Waals surface area contributed by atoms with Crippen LogP contribution in [0.2, 0.25) is 0 Å². The van der Waals surface area contributed by atoms with Crippen molar-refractivity contribution in [1.29, 1.82) is 0 Å². The fourth-order valence-electron chi connectivity index (χ4n) is 2.81. The second-order valence-electron chi connectivity index (χ2n) is 5.17. The molecule has 2 rings (SSSR count). The molecule has 1 N–H and O–H groups in total. The molecule has 1 saturated heterocycles. The number of hydrogen-bond acceptors (Lipinski definition) is 3. The first kappa shape index (κ1) is 12.4. The molecule has 1 aromatic rings. The molecular formula is C14H23N3. The normalized spacial score (nSPS) is 21.1. The number of anilines is 1. The number of likely N-dealkylation sites (tertiary alicyclic amines) is 1. The maximum absolute atomic E-state index is 4.50. The Labute approximate surface area is 104 Å². The first-order chi connectivity index (χ1) is 8.13. The summed E-state index contributed by atoms with van der Waals surface area (Å²) in [4.78, 5) is 7.08. The molecule has 0 aliphatic carbocycles. The maximum atomic E-state index is 4.50. The van der Waals surface area contributed by atoms with Crippen molar-refractivity contribution in [3.8, 4) is 0 Å². The molecule has 94 valence electrons. The highest BCUT2D eigenvalue weighted by atomic mass is 15.2. The van der Waals surface area contributed by atoms with Gasteiger partial charge in [-0.25, -0.2) is 4.98 Å². The van der Waals surface area contributed by atoms with Gasteiger partial charge in [-0.1, -0.05) is 0 Å². The standard InChI is InChI=1S/C14H23N3/c1-10(2)17-7-5-6-13(17)12-8-11(3)14(15-4)16-9-12/h8-10,13H,5-7H2,1-4H3,(H,15,16). The van der Waals surface area contributed by atoms with E-state index in [9.17, 15) is 0 Å². The van der Waals surface area contributed by atoms with E-state index in [1.807, 2.05) is 13.2 Å². The smallest absolute Gasteiger partial charge is 0.128 e. The van der Waals surface area contributed by atoms with Crippen LogP contribution in [0.4, 0.5) is 5.82 Å². The molecule has 1 aliphatic rings. The van der Waals surface area contributed by atoms with E-state index in [4.69, 9.17) is 0 Å². The van der Waals surface area contributed by atoms with E-state index in [1.165, 1.54) is 30.5 Å². The molecule has 1 aliphatic heterocycles. The van der Waals surface area contributed by atoms with E-state index in [-0.39, 0.29) is 0 Å². The second-order valence-corrected chi connectivity index (χ2v) is 5.17. The summed E-state index contributed by atoms with van der Waals surface area (Å²) in [6.07, 6.45) is 4.60. The lowest BCUT2D eigenvalue weighted by Crippen LogP contribution is -2.30. The monoisotopic (exact) mass is 233 g/mol. The predicted octanol–water partition coefficient (Wildman–Crippen LogP) is 2.98. The van der Waals surface area contributed by atoms with Crippen LogP contribution in [0.3, 0.4) is 0 Å². The minimum absolute atomic E-state index is 0.562. The molecule has 3 heteroatoms. The highest BCUT2D eigenvalue weighted by Crippen LogP contribution is 2.34. The van der Waals surface area contributed by atoms with E-state index in [0.29, 0.717) is 12.1 Å². The molecule has 3 nitrogen and oxygen atoms in total. The van der Waals surface area contributed by atoms with Crippen molar-refractivity contribution >= 4 is 5.82 Å². The Bertz CT molecular complexity index is 387. The molecule has 0 amide bonds. The van der Waals surface area contributed by atoms with Gasteiger partial charge in [0.2, 0.25) is 0 Å². The number of aromatic nitrogens is 1. The lowest BCUT2D eigenvalue weighted by atomic mass is 10.0. The summed E-state index contributed by atoms with van der Waals surface area (Å²) in [5.74, 6) is 0.989. The van der Waals surface area contributed by atoms with Gasteiger partial charge < -0.3 is 5.32 Å². The maximum Gasteiger partial charge on any atom is 0.128 e. The number of nitrogens with one attached hydrogen (secondary N) is 1. The van der Waals surface area contributed by atoms with Gasteiger partial charge in [-0.2, -0.15) is 0 Å². The van der Waals surface area contributed by atoms with E-state index in [1.54, 1.807) is 0 Å². The van der Waals surface area contributed by atoms with Crippen molar-refractivity contribution < 1.29 is 0 Å². The third kappa shape index (κ3) is 2.44. The van der Waals surface area contributed by atoms with Crippen molar-refractivity contribution in [2.24, 2.45) is 0 Å². The summed E-state index contributed by atoms with van der Waals surface area (Å²) in [5, 5.41) is 3.12. The Kier molecular flexibility index (Phi) is 3.67. The molecule has 1 unspecified atom stereocenters. The molecule has 0 radical (unpaired) electrons. The summed E-state index contributed by atoms with van der Waals surface area (Å²) in [5.41, 5.74) is 2.60. The zero-order valence-corrected chi connectivity index (χ0v) is 11.3. The lowest BCUT2D eigenvalue weighted by molar-refractivity contribution is 0.205. The zero-order valence-electron chi connectivity index (χ0n) is 11.3. The van der Waals surface area contributed by atoms with Gasteiger partial charge in [0, 0.05) is 25.3 Å². The average molecular weight is 233 g/mol. The van der Waals surface area contributed by atoms with Gasteiger partial charge in [0.05, 0.1) is 0 Å². The summed E-state index contributed by atoms with van der Waals surface area (Å²) < 4.78 is 0. The zero-order chi connectivity index (χ0) is 12.4. The summed E-state index contributed by atoms with van der Waals surface area (Å²) in [7, 11) is 1.92. The second kappa shape index (κ2) is 5.05. The SMILES string of the molecule is CNc1ncc(C2CCCN2C(C)C)cc1C. The first-order valence-corrected chi connectivity index (χ1v) is 6.53. The van der Waals surface area contributed by atoms with Crippen molar-refractivity contribution in [3.63, 3.8) is 0 Å². The predicted molar refractivity (Wildman–Crippen MR) is 72.3 cm³/mol. The van der Waals surface area contributed by atoms with Crippen molar-refractivity contribution in [1.82, 2.24) is 9.88 Å². The Morgan fingerprint density at radius 1 is 1.47 bits per heavy atom. The summed E-state index contributed by atoms with van der Waals surface area (Å²) in [6, 6.07) is 3.46.